The second kappa shape index (κ2) is 8.38. The van der Waals surface area contributed by atoms with Gasteiger partial charge in [-0.25, -0.2) is 8.78 Å². The maximum Gasteiger partial charge on any atom is 0.131 e. The fourth-order valence-corrected chi connectivity index (χ4v) is 2.88. The monoisotopic (exact) mass is 348 g/mol. The molecule has 0 spiro atoms. The van der Waals surface area contributed by atoms with Gasteiger partial charge < -0.3 is 20.1 Å². The van der Waals surface area contributed by atoms with Crippen LogP contribution in [0.5, 0.6) is 0 Å². The number of hydrogen-bond donors (Lipinski definition) is 2. The number of halogens is 2. The molecule has 0 bridgehead atoms. The van der Waals surface area contributed by atoms with Crippen molar-refractivity contribution in [2.75, 3.05) is 37.7 Å². The number of morpholine rings is 1. The Morgan fingerprint density at radius 3 is 2.48 bits per heavy atom. The molecule has 1 atom stereocenters. The van der Waals surface area contributed by atoms with Crippen molar-refractivity contribution in [3.05, 3.63) is 65.2 Å². The van der Waals surface area contributed by atoms with Crippen molar-refractivity contribution in [1.82, 2.24) is 5.32 Å². The number of aliphatic hydroxyl groups is 1. The van der Waals surface area contributed by atoms with Crippen LogP contribution in [0.1, 0.15) is 17.2 Å². The Balaban J connectivity index is 1.49. The van der Waals surface area contributed by atoms with Gasteiger partial charge in [-0.3, -0.25) is 0 Å². The average molecular weight is 348 g/mol. The topological polar surface area (TPSA) is 44.7 Å². The summed E-state index contributed by atoms with van der Waals surface area (Å²) in [6.07, 6.45) is -1.02. The molecule has 1 aliphatic heterocycles. The van der Waals surface area contributed by atoms with Crippen LogP contribution in [-0.2, 0) is 11.3 Å². The van der Waals surface area contributed by atoms with Crippen LogP contribution < -0.4 is 10.2 Å². The van der Waals surface area contributed by atoms with E-state index in [0.29, 0.717) is 6.54 Å². The summed E-state index contributed by atoms with van der Waals surface area (Å²) in [4.78, 5) is 2.28. The predicted octanol–water partition coefficient (Wildman–Crippen LogP) is 2.62. The van der Waals surface area contributed by atoms with E-state index < -0.39 is 17.7 Å². The highest BCUT2D eigenvalue weighted by Gasteiger charge is 2.13. The lowest BCUT2D eigenvalue weighted by molar-refractivity contribution is 0.122. The number of ether oxygens (including phenoxy) is 1. The molecule has 3 rings (SSSR count). The van der Waals surface area contributed by atoms with Crippen LogP contribution in [0, 0.1) is 11.6 Å². The molecule has 2 N–H and O–H groups in total. The fourth-order valence-electron chi connectivity index (χ4n) is 2.88. The highest BCUT2D eigenvalue weighted by Crippen LogP contribution is 2.18. The molecular formula is C19H22F2N2O2. The summed E-state index contributed by atoms with van der Waals surface area (Å²) in [7, 11) is 0. The van der Waals surface area contributed by atoms with Gasteiger partial charge in [-0.1, -0.05) is 18.2 Å². The maximum absolute atomic E-state index is 13.6. The van der Waals surface area contributed by atoms with Crippen LogP contribution in [0.2, 0.25) is 0 Å². The standard InChI is InChI=1S/C19H22F2N2O2/c20-15-3-6-17(18(21)11-15)19(24)13-22-12-14-1-4-16(5-2-14)23-7-9-25-10-8-23/h1-6,11,19,22,24H,7-10,12-13H2/t19-/m0/s1. The zero-order valence-corrected chi connectivity index (χ0v) is 13.9. The SMILES string of the molecule is O[C@@H](CNCc1ccc(N2CCOCC2)cc1)c1ccc(F)cc1F. The predicted molar refractivity (Wildman–Crippen MR) is 92.5 cm³/mol. The van der Waals surface area contributed by atoms with E-state index in [4.69, 9.17) is 4.74 Å². The highest BCUT2D eigenvalue weighted by molar-refractivity contribution is 5.47. The van der Waals surface area contributed by atoms with Gasteiger partial charge >= 0.3 is 0 Å². The molecule has 1 heterocycles. The van der Waals surface area contributed by atoms with Gasteiger partial charge in [0.1, 0.15) is 11.6 Å². The fraction of sp³-hybridized carbons (Fsp3) is 0.368. The highest BCUT2D eigenvalue weighted by atomic mass is 19.1. The lowest BCUT2D eigenvalue weighted by atomic mass is 10.1. The van der Waals surface area contributed by atoms with Gasteiger partial charge in [0.2, 0.25) is 0 Å². The minimum Gasteiger partial charge on any atom is -0.387 e. The van der Waals surface area contributed by atoms with Crippen molar-refractivity contribution in [1.29, 1.82) is 0 Å². The molecule has 25 heavy (non-hydrogen) atoms. The van der Waals surface area contributed by atoms with Crippen molar-refractivity contribution in [3.8, 4) is 0 Å². The average Bonchev–Trinajstić information content (AvgIpc) is 2.63. The first-order valence-corrected chi connectivity index (χ1v) is 8.39. The molecule has 0 radical (unpaired) electrons. The molecule has 1 aliphatic rings. The van der Waals surface area contributed by atoms with Gasteiger partial charge in [0.15, 0.2) is 0 Å². The zero-order chi connectivity index (χ0) is 17.6. The number of aliphatic hydroxyl groups excluding tert-OH is 1. The zero-order valence-electron chi connectivity index (χ0n) is 13.9. The van der Waals surface area contributed by atoms with Crippen LogP contribution >= 0.6 is 0 Å². The summed E-state index contributed by atoms with van der Waals surface area (Å²) < 4.78 is 31.9. The maximum atomic E-state index is 13.6. The molecule has 1 fully saturated rings. The number of nitrogens with one attached hydrogen (secondary N) is 1. The second-order valence-corrected chi connectivity index (χ2v) is 6.08. The van der Waals surface area contributed by atoms with Crippen LogP contribution in [0.3, 0.4) is 0 Å². The van der Waals surface area contributed by atoms with E-state index in [9.17, 15) is 13.9 Å². The number of nitrogens with zero attached hydrogens (tertiary/aromatic N) is 1. The van der Waals surface area contributed by atoms with Gasteiger partial charge in [0, 0.05) is 43.5 Å². The smallest absolute Gasteiger partial charge is 0.131 e. The Hall–Kier alpha value is -2.02. The number of anilines is 1. The van der Waals surface area contributed by atoms with Gasteiger partial charge in [-0.05, 0) is 23.8 Å². The van der Waals surface area contributed by atoms with Gasteiger partial charge in [-0.2, -0.15) is 0 Å². The van der Waals surface area contributed by atoms with E-state index in [1.165, 1.54) is 11.8 Å². The van der Waals surface area contributed by atoms with Gasteiger partial charge in [-0.15, -0.1) is 0 Å². The van der Waals surface area contributed by atoms with Gasteiger partial charge in [0.05, 0.1) is 19.3 Å². The molecule has 2 aromatic carbocycles. The van der Waals surface area contributed by atoms with Crippen molar-refractivity contribution < 1.29 is 18.6 Å². The molecule has 0 saturated carbocycles. The number of rotatable bonds is 6. The van der Waals surface area contributed by atoms with Crippen molar-refractivity contribution in [2.24, 2.45) is 0 Å². The van der Waals surface area contributed by atoms with E-state index >= 15 is 0 Å². The molecule has 0 aromatic heterocycles. The molecule has 134 valence electrons. The number of hydrogen-bond acceptors (Lipinski definition) is 4. The minimum absolute atomic E-state index is 0.0940. The Morgan fingerprint density at radius 2 is 1.80 bits per heavy atom. The van der Waals surface area contributed by atoms with E-state index in [1.54, 1.807) is 0 Å². The first-order valence-electron chi connectivity index (χ1n) is 8.39. The number of benzene rings is 2. The van der Waals surface area contributed by atoms with Crippen molar-refractivity contribution in [2.45, 2.75) is 12.6 Å². The molecular weight excluding hydrogens is 326 g/mol. The molecule has 0 amide bonds. The largest absolute Gasteiger partial charge is 0.387 e. The molecule has 6 heteroatoms. The van der Waals surface area contributed by atoms with Crippen LogP contribution in [-0.4, -0.2) is 38.0 Å². The Bertz CT molecular complexity index is 688. The van der Waals surface area contributed by atoms with Crippen molar-refractivity contribution in [3.63, 3.8) is 0 Å². The third kappa shape index (κ3) is 4.75. The summed E-state index contributed by atoms with van der Waals surface area (Å²) in [6.45, 7) is 4.04. The molecule has 0 unspecified atom stereocenters. The van der Waals surface area contributed by atoms with E-state index in [0.717, 1.165) is 44.0 Å². The Morgan fingerprint density at radius 1 is 1.08 bits per heavy atom. The summed E-state index contributed by atoms with van der Waals surface area (Å²) in [6, 6.07) is 11.4. The van der Waals surface area contributed by atoms with Crippen LogP contribution in [0.25, 0.3) is 0 Å². The minimum atomic E-state index is -1.02. The van der Waals surface area contributed by atoms with Gasteiger partial charge in [0.25, 0.3) is 0 Å². The Labute approximate surface area is 146 Å². The van der Waals surface area contributed by atoms with Crippen LogP contribution in [0.4, 0.5) is 14.5 Å². The summed E-state index contributed by atoms with van der Waals surface area (Å²) in [5.74, 6) is -1.38. The Kier molecular flexibility index (Phi) is 5.96. The normalized spacial score (nSPS) is 16.0. The molecule has 2 aromatic rings. The summed E-state index contributed by atoms with van der Waals surface area (Å²) >= 11 is 0. The van der Waals surface area contributed by atoms with E-state index in [2.05, 4.69) is 22.3 Å². The first-order chi connectivity index (χ1) is 12.1. The van der Waals surface area contributed by atoms with E-state index in [-0.39, 0.29) is 12.1 Å². The first kappa shape index (κ1) is 17.8. The third-order valence-corrected chi connectivity index (χ3v) is 4.30. The molecule has 4 nitrogen and oxygen atoms in total. The second-order valence-electron chi connectivity index (χ2n) is 6.08. The van der Waals surface area contributed by atoms with E-state index in [1.807, 2.05) is 12.1 Å². The lowest BCUT2D eigenvalue weighted by Crippen LogP contribution is -2.36. The quantitative estimate of drug-likeness (QED) is 0.842. The molecule has 0 aliphatic carbocycles. The summed E-state index contributed by atoms with van der Waals surface area (Å²) in [5.41, 5.74) is 2.33. The lowest BCUT2D eigenvalue weighted by Gasteiger charge is -2.28. The molecule has 1 saturated heterocycles. The summed E-state index contributed by atoms with van der Waals surface area (Å²) in [5, 5.41) is 13.1. The van der Waals surface area contributed by atoms with Crippen molar-refractivity contribution >= 4 is 5.69 Å². The third-order valence-electron chi connectivity index (χ3n) is 4.30. The van der Waals surface area contributed by atoms with Crippen LogP contribution in [0.15, 0.2) is 42.5 Å².